The van der Waals surface area contributed by atoms with Crippen LogP contribution in [0.15, 0.2) is 5.38 Å². The number of aromatic nitrogens is 1. The van der Waals surface area contributed by atoms with Gasteiger partial charge in [-0.05, 0) is 32.9 Å². The molecule has 1 unspecified atom stereocenters. The molecule has 1 atom stereocenters. The lowest BCUT2D eigenvalue weighted by Gasteiger charge is -2.22. The van der Waals surface area contributed by atoms with Crippen LogP contribution in [0.2, 0.25) is 0 Å². The predicted molar refractivity (Wildman–Crippen MR) is 76.8 cm³/mol. The average molecular weight is 283 g/mol. The van der Waals surface area contributed by atoms with Crippen molar-refractivity contribution < 1.29 is 9.53 Å². The van der Waals surface area contributed by atoms with Crippen molar-refractivity contribution in [1.29, 1.82) is 0 Å². The van der Waals surface area contributed by atoms with E-state index in [4.69, 9.17) is 4.74 Å². The molecule has 0 saturated carbocycles. The first-order valence-electron chi connectivity index (χ1n) is 6.85. The van der Waals surface area contributed by atoms with Crippen molar-refractivity contribution in [2.24, 2.45) is 0 Å². The van der Waals surface area contributed by atoms with Crippen molar-refractivity contribution >= 4 is 22.4 Å². The van der Waals surface area contributed by atoms with Gasteiger partial charge in [0.15, 0.2) is 10.8 Å². The number of anilines is 1. The molecule has 106 valence electrons. The van der Waals surface area contributed by atoms with Crippen LogP contribution in [-0.4, -0.2) is 48.1 Å². The molecule has 1 aromatic heterocycles. The molecule has 2 heterocycles. The van der Waals surface area contributed by atoms with Gasteiger partial charge in [-0.2, -0.15) is 0 Å². The van der Waals surface area contributed by atoms with E-state index in [1.807, 2.05) is 0 Å². The van der Waals surface area contributed by atoms with Gasteiger partial charge in [0.25, 0.3) is 0 Å². The molecule has 1 aromatic rings. The van der Waals surface area contributed by atoms with E-state index in [0.29, 0.717) is 18.3 Å². The molecule has 0 aliphatic carbocycles. The van der Waals surface area contributed by atoms with E-state index in [1.165, 1.54) is 30.7 Å². The fourth-order valence-electron chi connectivity index (χ4n) is 2.40. The van der Waals surface area contributed by atoms with Gasteiger partial charge in [-0.25, -0.2) is 9.78 Å². The first kappa shape index (κ1) is 14.3. The lowest BCUT2D eigenvalue weighted by molar-refractivity contribution is 0.0520. The third-order valence-electron chi connectivity index (χ3n) is 3.38. The highest BCUT2D eigenvalue weighted by Gasteiger charge is 2.22. The lowest BCUT2D eigenvalue weighted by Crippen LogP contribution is -2.34. The number of nitrogens with one attached hydrogen (secondary N) is 1. The minimum absolute atomic E-state index is 0.345. The highest BCUT2D eigenvalue weighted by molar-refractivity contribution is 7.13. The van der Waals surface area contributed by atoms with Crippen molar-refractivity contribution in [3.8, 4) is 0 Å². The minimum Gasteiger partial charge on any atom is -0.461 e. The molecule has 1 saturated heterocycles. The topological polar surface area (TPSA) is 54.5 Å². The molecule has 6 heteroatoms. The maximum atomic E-state index is 11.5. The van der Waals surface area contributed by atoms with Gasteiger partial charge in [-0.3, -0.25) is 4.90 Å². The van der Waals surface area contributed by atoms with E-state index in [1.54, 1.807) is 12.3 Å². The van der Waals surface area contributed by atoms with Crippen LogP contribution in [0, 0.1) is 0 Å². The van der Waals surface area contributed by atoms with Crippen LogP contribution in [0.5, 0.6) is 0 Å². The van der Waals surface area contributed by atoms with E-state index in [9.17, 15) is 4.79 Å². The Kier molecular flexibility index (Phi) is 5.15. The number of esters is 1. The van der Waals surface area contributed by atoms with Gasteiger partial charge in [-0.1, -0.05) is 6.92 Å². The molecule has 19 heavy (non-hydrogen) atoms. The van der Waals surface area contributed by atoms with Crippen LogP contribution in [-0.2, 0) is 4.74 Å². The van der Waals surface area contributed by atoms with E-state index in [0.717, 1.165) is 18.2 Å². The minimum atomic E-state index is -0.345. The maximum absolute atomic E-state index is 11.5. The number of likely N-dealkylation sites (N-methyl/N-ethyl adjacent to an activating group) is 1. The normalized spacial score (nSPS) is 19.6. The summed E-state index contributed by atoms with van der Waals surface area (Å²) in [5.74, 6) is -0.345. The van der Waals surface area contributed by atoms with Crippen molar-refractivity contribution in [2.45, 2.75) is 32.7 Å². The summed E-state index contributed by atoms with van der Waals surface area (Å²) in [5, 5.41) is 5.87. The van der Waals surface area contributed by atoms with Crippen LogP contribution in [0.4, 0.5) is 5.13 Å². The molecule has 2 rings (SSSR count). The van der Waals surface area contributed by atoms with Gasteiger partial charge >= 0.3 is 5.97 Å². The van der Waals surface area contributed by atoms with Crippen LogP contribution in [0.25, 0.3) is 0 Å². The fraction of sp³-hybridized carbons (Fsp3) is 0.692. The van der Waals surface area contributed by atoms with Crippen molar-refractivity contribution in [3.63, 3.8) is 0 Å². The molecule has 0 bridgehead atoms. The Morgan fingerprint density at radius 2 is 2.47 bits per heavy atom. The monoisotopic (exact) mass is 283 g/mol. The summed E-state index contributed by atoms with van der Waals surface area (Å²) in [6.07, 6.45) is 2.50. The standard InChI is InChI=1S/C13H21N3O2S/c1-3-16-7-5-6-10(16)8-14-13-15-11(9-19-13)12(17)18-4-2/h9-10H,3-8H2,1-2H3,(H,14,15). The highest BCUT2D eigenvalue weighted by Crippen LogP contribution is 2.20. The Morgan fingerprint density at radius 3 is 3.21 bits per heavy atom. The summed E-state index contributed by atoms with van der Waals surface area (Å²) >= 11 is 1.45. The molecular weight excluding hydrogens is 262 g/mol. The van der Waals surface area contributed by atoms with Gasteiger partial charge in [0.1, 0.15) is 0 Å². The van der Waals surface area contributed by atoms with Gasteiger partial charge in [0, 0.05) is 18.0 Å². The summed E-state index contributed by atoms with van der Waals surface area (Å²) in [5.41, 5.74) is 0.396. The lowest BCUT2D eigenvalue weighted by atomic mass is 10.2. The zero-order valence-electron chi connectivity index (χ0n) is 11.5. The van der Waals surface area contributed by atoms with E-state index in [-0.39, 0.29) is 5.97 Å². The van der Waals surface area contributed by atoms with Crippen molar-refractivity contribution in [1.82, 2.24) is 9.88 Å². The molecule has 0 aromatic carbocycles. The second-order valence-corrected chi connectivity index (χ2v) is 5.42. The largest absolute Gasteiger partial charge is 0.461 e. The second kappa shape index (κ2) is 6.86. The number of rotatable bonds is 6. The quantitative estimate of drug-likeness (QED) is 0.811. The smallest absolute Gasteiger partial charge is 0.357 e. The Bertz CT molecular complexity index is 422. The molecule has 1 N–H and O–H groups in total. The molecule has 0 spiro atoms. The number of carbonyl (C=O) groups is 1. The van der Waals surface area contributed by atoms with Crippen molar-refractivity contribution in [2.75, 3.05) is 31.6 Å². The molecule has 1 fully saturated rings. The van der Waals surface area contributed by atoms with Crippen LogP contribution in [0.3, 0.4) is 0 Å². The second-order valence-electron chi connectivity index (χ2n) is 4.56. The van der Waals surface area contributed by atoms with Gasteiger partial charge in [0.2, 0.25) is 0 Å². The SMILES string of the molecule is CCOC(=O)c1csc(NCC2CCCN2CC)n1. The van der Waals surface area contributed by atoms with Crippen LogP contribution < -0.4 is 5.32 Å². The summed E-state index contributed by atoms with van der Waals surface area (Å²) in [6.45, 7) is 7.55. The molecule has 1 aliphatic heterocycles. The summed E-state index contributed by atoms with van der Waals surface area (Å²) < 4.78 is 4.92. The number of ether oxygens (including phenoxy) is 1. The third kappa shape index (κ3) is 3.67. The van der Waals surface area contributed by atoms with Gasteiger partial charge < -0.3 is 10.1 Å². The summed E-state index contributed by atoms with van der Waals surface area (Å²) in [6, 6.07) is 0.583. The Morgan fingerprint density at radius 1 is 1.63 bits per heavy atom. The number of thiazole rings is 1. The highest BCUT2D eigenvalue weighted by atomic mass is 32.1. The number of carbonyl (C=O) groups excluding carboxylic acids is 1. The number of likely N-dealkylation sites (tertiary alicyclic amines) is 1. The maximum Gasteiger partial charge on any atom is 0.357 e. The summed E-state index contributed by atoms with van der Waals surface area (Å²) in [7, 11) is 0. The van der Waals surface area contributed by atoms with E-state index >= 15 is 0 Å². The Labute approximate surface area is 118 Å². The zero-order chi connectivity index (χ0) is 13.7. The molecule has 1 aliphatic rings. The predicted octanol–water partition coefficient (Wildman–Crippen LogP) is 2.22. The third-order valence-corrected chi connectivity index (χ3v) is 4.18. The Hall–Kier alpha value is -1.14. The number of hydrogen-bond acceptors (Lipinski definition) is 6. The van der Waals surface area contributed by atoms with Crippen LogP contribution >= 0.6 is 11.3 Å². The number of nitrogens with zero attached hydrogens (tertiary/aromatic N) is 2. The van der Waals surface area contributed by atoms with Crippen molar-refractivity contribution in [3.05, 3.63) is 11.1 Å². The van der Waals surface area contributed by atoms with Crippen LogP contribution in [0.1, 0.15) is 37.2 Å². The zero-order valence-corrected chi connectivity index (χ0v) is 12.3. The average Bonchev–Trinajstić information content (AvgIpc) is 3.05. The van der Waals surface area contributed by atoms with E-state index in [2.05, 4.69) is 22.1 Å². The number of hydrogen-bond donors (Lipinski definition) is 1. The molecule has 0 radical (unpaired) electrons. The first-order valence-corrected chi connectivity index (χ1v) is 7.73. The molecular formula is C13H21N3O2S. The summed E-state index contributed by atoms with van der Waals surface area (Å²) in [4.78, 5) is 18.2. The molecule has 5 nitrogen and oxygen atoms in total. The first-order chi connectivity index (χ1) is 9.24. The molecule has 0 amide bonds. The Balaban J connectivity index is 1.85. The van der Waals surface area contributed by atoms with Gasteiger partial charge in [0.05, 0.1) is 6.61 Å². The van der Waals surface area contributed by atoms with Gasteiger partial charge in [-0.15, -0.1) is 11.3 Å². The van der Waals surface area contributed by atoms with E-state index < -0.39 is 0 Å². The fourth-order valence-corrected chi connectivity index (χ4v) is 3.09.